The third-order valence-electron chi connectivity index (χ3n) is 23.0. The van der Waals surface area contributed by atoms with Gasteiger partial charge in [0.05, 0.1) is 62.7 Å². The quantitative estimate of drug-likeness (QED) is 0.0238. The van der Waals surface area contributed by atoms with Gasteiger partial charge in [-0.3, -0.25) is 58.0 Å². The third-order valence-corrected chi connectivity index (χ3v) is 24.2. The Labute approximate surface area is 808 Å². The Morgan fingerprint density at radius 1 is 0.359 bits per heavy atom. The smallest absolute Gasteiger partial charge is 0.507 e. The predicted molar refractivity (Wildman–Crippen MR) is 508 cm³/mol. The third kappa shape index (κ3) is 22.7. The molecule has 5 aromatic heterocycles. The number of benzene rings is 7. The average Bonchev–Trinajstić information content (AvgIpc) is 1.60. The molecule has 9 heterocycles. The van der Waals surface area contributed by atoms with Crippen molar-refractivity contribution in [3.05, 3.63) is 349 Å². The van der Waals surface area contributed by atoms with Gasteiger partial charge in [-0.25, -0.2) is 42.1 Å². The van der Waals surface area contributed by atoms with E-state index in [0.717, 1.165) is 80.2 Å². The zero-order valence-corrected chi connectivity index (χ0v) is 79.3. The van der Waals surface area contributed by atoms with Gasteiger partial charge in [-0.1, -0.05) is 169 Å². The molecule has 4 amide bonds. The van der Waals surface area contributed by atoms with Gasteiger partial charge in [-0.05, 0) is 174 Å². The maximum atomic E-state index is 13.8. The van der Waals surface area contributed by atoms with Crippen LogP contribution in [0, 0.1) is 27.7 Å². The van der Waals surface area contributed by atoms with E-state index in [4.69, 9.17) is 0 Å². The number of aliphatic hydroxyl groups is 4. The standard InChI is InChI=1S/C27H25F2N3O3.C26H22F3N3O4.C26H27N5O3.C24H18F3N3O6S/c1-15(2)17-5-7-19(8-6-17)23(33)21-22(18-9-11-20(12-10-18)27(4,28)29)32(25(35)24(21)34)26-30-13-16(3)14-31-26;1-14(2)16-4-6-18(7-5-16)22(33)20-21(17-8-10-19(11-9-17)36-26(27,28)29)32(24(35)23(20)34)25-30-12-15(3)13-31-25;1-15(2)17-7-9-18(10-8-17)24(32)22-23(19-11-13-20(27-14-19)30(4)5)31(26(34)25(22)33)21-12-6-16(3)28-29-21;1-13-3-12-18(29-28-13)30-20(14-4-8-16(9-5-14)36-24(25,26)27)19(22(32)23(30)33)21(31)15-6-10-17(11-7-15)37(2,34)35/h5-15,22,33H,1-4H3;4-14,21,33H,1-3H3;6-15,23,32H,1-5H3;3-12,20,31H,1-2H3. The van der Waals surface area contributed by atoms with E-state index in [-0.39, 0.29) is 96.3 Å². The number of ketones is 4. The Morgan fingerprint density at radius 3 is 0.901 bits per heavy atom. The first-order valence-electron chi connectivity index (χ1n) is 43.8. The average molecular weight is 1970 g/mol. The van der Waals surface area contributed by atoms with Crippen LogP contribution in [0.1, 0.15) is 180 Å². The Hall–Kier alpha value is -16.5. The summed E-state index contributed by atoms with van der Waals surface area (Å²) >= 11 is 0. The molecule has 0 spiro atoms. The second kappa shape index (κ2) is 41.7. The van der Waals surface area contributed by atoms with Crippen LogP contribution in [0.25, 0.3) is 23.0 Å². The summed E-state index contributed by atoms with van der Waals surface area (Å²) in [6.45, 7) is 20.0. The van der Waals surface area contributed by atoms with Crippen LogP contribution in [0.5, 0.6) is 11.5 Å². The molecule has 4 atom stereocenters. The molecule has 4 aliphatic rings. The number of carbonyl (C=O) groups is 8. The van der Waals surface area contributed by atoms with E-state index in [1.54, 1.807) is 113 Å². The van der Waals surface area contributed by atoms with Crippen molar-refractivity contribution < 1.29 is 112 Å². The summed E-state index contributed by atoms with van der Waals surface area (Å²) < 4.78 is 135. The normalized spacial score (nSPS) is 17.7. The van der Waals surface area contributed by atoms with Gasteiger partial charge in [0.15, 0.2) is 21.5 Å². The molecule has 0 radical (unpaired) electrons. The first-order chi connectivity index (χ1) is 66.9. The number of aliphatic hydroxyl groups excluding tert-OH is 4. The molecule has 16 rings (SSSR count). The minimum absolute atomic E-state index is 0.0101. The van der Waals surface area contributed by atoms with Gasteiger partial charge in [-0.2, -0.15) is 10.2 Å². The molecule has 4 saturated heterocycles. The molecule has 30 nitrogen and oxygen atoms in total. The van der Waals surface area contributed by atoms with Crippen molar-refractivity contribution >= 4 is 109 Å². The first kappa shape index (κ1) is 103. The number of hydrogen-bond donors (Lipinski definition) is 4. The van der Waals surface area contributed by atoms with Crippen LogP contribution in [0.3, 0.4) is 0 Å². The summed E-state index contributed by atoms with van der Waals surface area (Å²) in [4.78, 5) is 132. The molecule has 0 saturated carbocycles. The molecule has 39 heteroatoms. The van der Waals surface area contributed by atoms with Crippen molar-refractivity contribution in [1.82, 2.24) is 45.3 Å². The van der Waals surface area contributed by atoms with Crippen LogP contribution < -0.4 is 34.0 Å². The highest BCUT2D eigenvalue weighted by molar-refractivity contribution is 7.90. The number of alkyl halides is 8. The minimum atomic E-state index is -4.92. The zero-order chi connectivity index (χ0) is 103. The van der Waals surface area contributed by atoms with E-state index in [2.05, 4.69) is 68.6 Å². The summed E-state index contributed by atoms with van der Waals surface area (Å²) in [6.07, 6.45) is -1.26. The number of nitrogens with zero attached hydrogens (tertiary/aromatic N) is 14. The fraction of sp³-hybridized carbons (Fsp3) is 0.233. The van der Waals surface area contributed by atoms with Crippen molar-refractivity contribution in [2.45, 2.75) is 142 Å². The number of aromatic nitrogens is 9. The Bertz CT molecular complexity index is 7060. The van der Waals surface area contributed by atoms with E-state index >= 15 is 0 Å². The van der Waals surface area contributed by atoms with Gasteiger partial charge >= 0.3 is 36.4 Å². The highest BCUT2D eigenvalue weighted by atomic mass is 32.2. The molecule has 0 bridgehead atoms. The van der Waals surface area contributed by atoms with Gasteiger partial charge in [0.2, 0.25) is 11.9 Å². The number of rotatable bonds is 20. The van der Waals surface area contributed by atoms with Gasteiger partial charge in [-0.15, -0.1) is 36.5 Å². The number of sulfone groups is 1. The SMILES string of the molecule is Cc1ccc(N2C(=O)C(=O)C(=C(O)c3ccc(C(C)C)cc3)C2c2ccc(N(C)C)nc2)nn1.Cc1ccc(N2C(=O)C(=O)C(=C(O)c3ccc(S(C)(=O)=O)cc3)C2c2ccc(OC(F)(F)F)cc2)nn1.Cc1cnc(N2C(=O)C(=O)C(=C(O)c3ccc(C(C)C)cc3)C2c2ccc(C(C)(F)F)cc2)nc1.Cc1cnc(N2C(=O)C(=O)C(=C(O)c3ccc(C(C)C)cc3)C2c2ccc(OC(F)(F)F)cc2)nc1. The maximum absolute atomic E-state index is 13.8. The number of amides is 4. The highest BCUT2D eigenvalue weighted by Gasteiger charge is 2.53. The van der Waals surface area contributed by atoms with E-state index in [1.807, 2.05) is 71.0 Å². The number of halogens is 8. The van der Waals surface area contributed by atoms with Gasteiger partial charge in [0.25, 0.3) is 29.1 Å². The number of Topliss-reactive ketones (excluding diaryl/α,β-unsaturated/α-hetero) is 4. The Morgan fingerprint density at radius 2 is 0.641 bits per heavy atom. The monoisotopic (exact) mass is 1960 g/mol. The lowest BCUT2D eigenvalue weighted by molar-refractivity contribution is -0.275. The lowest BCUT2D eigenvalue weighted by Crippen LogP contribution is -2.31. The van der Waals surface area contributed by atoms with Crippen LogP contribution in [-0.2, 0) is 54.1 Å². The summed E-state index contributed by atoms with van der Waals surface area (Å²) in [5.41, 5.74) is 7.38. The molecule has 732 valence electrons. The van der Waals surface area contributed by atoms with Gasteiger partial charge < -0.3 is 34.8 Å². The van der Waals surface area contributed by atoms with Crippen LogP contribution in [0.4, 0.5) is 64.5 Å². The summed E-state index contributed by atoms with van der Waals surface area (Å²) in [5, 5.41) is 60.7. The van der Waals surface area contributed by atoms with E-state index in [1.165, 1.54) is 109 Å². The van der Waals surface area contributed by atoms with Crippen LogP contribution in [0.2, 0.25) is 0 Å². The maximum Gasteiger partial charge on any atom is 0.573 e. The van der Waals surface area contributed by atoms with Gasteiger partial charge in [0.1, 0.15) is 40.4 Å². The van der Waals surface area contributed by atoms with Crippen LogP contribution in [-0.4, -0.2) is 154 Å². The molecule has 4 fully saturated rings. The van der Waals surface area contributed by atoms with E-state index < -0.39 is 122 Å². The van der Waals surface area contributed by atoms with Crippen LogP contribution in [0.15, 0.2) is 264 Å². The van der Waals surface area contributed by atoms with Crippen molar-refractivity contribution in [2.75, 3.05) is 44.9 Å². The summed E-state index contributed by atoms with van der Waals surface area (Å²) in [7, 11) is 0.206. The second-order valence-corrected chi connectivity index (χ2v) is 36.6. The van der Waals surface area contributed by atoms with Crippen molar-refractivity contribution in [3.63, 3.8) is 0 Å². The number of carbonyl (C=O) groups excluding carboxylic acids is 8. The Balaban J connectivity index is 0.000000159. The predicted octanol–water partition coefficient (Wildman–Crippen LogP) is 18.8. The fourth-order valence-electron chi connectivity index (χ4n) is 15.6. The lowest BCUT2D eigenvalue weighted by atomic mass is 9.93. The molecular weight excluding hydrogens is 1870 g/mol. The van der Waals surface area contributed by atoms with Gasteiger partial charge in [0, 0.05) is 86.1 Å². The summed E-state index contributed by atoms with van der Waals surface area (Å²) in [5.74, 6) is -11.5. The zero-order valence-electron chi connectivity index (χ0n) is 78.4. The number of pyridine rings is 1. The van der Waals surface area contributed by atoms with Crippen molar-refractivity contribution in [1.29, 1.82) is 0 Å². The van der Waals surface area contributed by atoms with Crippen molar-refractivity contribution in [2.24, 2.45) is 0 Å². The molecule has 4 N–H and O–H groups in total. The molecular formula is C103H92F8N14O16S. The molecule has 4 unspecified atom stereocenters. The largest absolute Gasteiger partial charge is 0.573 e. The molecule has 12 aromatic rings. The minimum Gasteiger partial charge on any atom is -0.507 e. The van der Waals surface area contributed by atoms with Crippen LogP contribution >= 0.6 is 0 Å². The number of aryl methyl sites for hydroxylation is 4. The van der Waals surface area contributed by atoms with Crippen molar-refractivity contribution in [3.8, 4) is 11.5 Å². The van der Waals surface area contributed by atoms with E-state index in [9.17, 15) is 102 Å². The number of hydrogen-bond acceptors (Lipinski definition) is 26. The fourth-order valence-corrected chi connectivity index (χ4v) is 16.2. The highest BCUT2D eigenvalue weighted by Crippen LogP contribution is 2.48. The Kier molecular flexibility index (Phi) is 30.2. The molecule has 4 aliphatic heterocycles. The lowest BCUT2D eigenvalue weighted by Gasteiger charge is -2.24. The molecule has 7 aromatic carbocycles. The number of ether oxygens (including phenoxy) is 2. The molecule has 0 aliphatic carbocycles. The topological polar surface area (TPSA) is 402 Å². The summed E-state index contributed by atoms with van der Waals surface area (Å²) in [6, 6.07) is 46.1. The van der Waals surface area contributed by atoms with E-state index in [0.29, 0.717) is 50.7 Å². The second-order valence-electron chi connectivity index (χ2n) is 34.6. The molecule has 142 heavy (non-hydrogen) atoms. The number of anilines is 5. The first-order valence-corrected chi connectivity index (χ1v) is 45.7.